The quantitative estimate of drug-likeness (QED) is 0.728. The Morgan fingerprint density at radius 2 is 2.14 bits per heavy atom. The maximum Gasteiger partial charge on any atom is 0.263 e. The number of rotatable bonds is 4. The molecule has 1 saturated heterocycles. The average molecular weight is 332 g/mol. The van der Waals surface area contributed by atoms with E-state index in [9.17, 15) is 13.2 Å². The maximum absolute atomic E-state index is 12.0. The minimum Gasteiger partial charge on any atom is -0.396 e. The van der Waals surface area contributed by atoms with Gasteiger partial charge in [-0.3, -0.25) is 4.79 Å². The van der Waals surface area contributed by atoms with Crippen molar-refractivity contribution in [3.8, 4) is 0 Å². The lowest BCUT2D eigenvalue weighted by Crippen LogP contribution is -2.23. The molecule has 1 unspecified atom stereocenters. The lowest BCUT2D eigenvalue weighted by molar-refractivity contribution is 0.0968. The zero-order valence-corrected chi connectivity index (χ0v) is 13.9. The summed E-state index contributed by atoms with van der Waals surface area (Å²) in [5.74, 6) is -0.376. The van der Waals surface area contributed by atoms with E-state index in [1.807, 2.05) is 7.05 Å². The number of nitrogen functional groups attached to an aromatic ring is 1. The van der Waals surface area contributed by atoms with E-state index in [0.29, 0.717) is 5.00 Å². The molecule has 1 amide bonds. The van der Waals surface area contributed by atoms with Crippen LogP contribution in [0, 0.1) is 0 Å². The molecular formula is C12H20N4O3S2. The van der Waals surface area contributed by atoms with E-state index in [0.717, 1.165) is 37.1 Å². The Kier molecular flexibility index (Phi) is 4.45. The van der Waals surface area contributed by atoms with Crippen LogP contribution in [0.25, 0.3) is 0 Å². The molecule has 118 valence electrons. The fourth-order valence-electron chi connectivity index (χ4n) is 2.41. The second-order valence-corrected chi connectivity index (χ2v) is 8.22. The highest BCUT2D eigenvalue weighted by atomic mass is 32.2. The second-order valence-electron chi connectivity index (χ2n) is 5.25. The van der Waals surface area contributed by atoms with Crippen LogP contribution < -0.4 is 16.4 Å². The molecule has 1 aromatic rings. The van der Waals surface area contributed by atoms with Gasteiger partial charge >= 0.3 is 0 Å². The van der Waals surface area contributed by atoms with Gasteiger partial charge in [-0.05, 0) is 20.0 Å². The zero-order chi connectivity index (χ0) is 15.8. The Hall–Kier alpha value is -1.32. The Morgan fingerprint density at radius 3 is 2.62 bits per heavy atom. The number of nitrogens with zero attached hydrogens (tertiary/aromatic N) is 1. The Bertz CT molecular complexity index is 654. The van der Waals surface area contributed by atoms with Crippen LogP contribution in [0.4, 0.5) is 10.7 Å². The van der Waals surface area contributed by atoms with Gasteiger partial charge in [0.2, 0.25) is 0 Å². The van der Waals surface area contributed by atoms with Crippen molar-refractivity contribution >= 4 is 37.8 Å². The minimum absolute atomic E-state index is 0.0238. The summed E-state index contributed by atoms with van der Waals surface area (Å²) in [5.41, 5.74) is 5.91. The molecular weight excluding hydrogens is 312 g/mol. The van der Waals surface area contributed by atoms with E-state index in [2.05, 4.69) is 15.5 Å². The predicted molar refractivity (Wildman–Crippen MR) is 84.8 cm³/mol. The van der Waals surface area contributed by atoms with Crippen LogP contribution in [-0.4, -0.2) is 58.7 Å². The zero-order valence-electron chi connectivity index (χ0n) is 12.3. The summed E-state index contributed by atoms with van der Waals surface area (Å²) >= 11 is 1.09. The third kappa shape index (κ3) is 3.30. The third-order valence-corrected chi connectivity index (χ3v) is 5.86. The van der Waals surface area contributed by atoms with Crippen molar-refractivity contribution in [2.45, 2.75) is 17.4 Å². The molecule has 7 nitrogen and oxygen atoms in total. The van der Waals surface area contributed by atoms with E-state index >= 15 is 0 Å². The number of nitrogens with one attached hydrogen (secondary N) is 2. The van der Waals surface area contributed by atoms with Gasteiger partial charge in [0.1, 0.15) is 14.8 Å². The molecule has 1 aliphatic heterocycles. The Morgan fingerprint density at radius 1 is 1.48 bits per heavy atom. The van der Waals surface area contributed by atoms with Crippen molar-refractivity contribution in [2.75, 3.05) is 44.5 Å². The van der Waals surface area contributed by atoms with E-state index in [1.165, 1.54) is 7.05 Å². The third-order valence-electron chi connectivity index (χ3n) is 3.43. The summed E-state index contributed by atoms with van der Waals surface area (Å²) in [6.45, 7) is 1.78. The van der Waals surface area contributed by atoms with Gasteiger partial charge in [-0.2, -0.15) is 0 Å². The molecule has 2 heterocycles. The number of carbonyl (C=O) groups is 1. The molecule has 2 rings (SSSR count). The average Bonchev–Trinajstić information content (AvgIpc) is 2.92. The number of carbonyl (C=O) groups excluding carboxylic acids is 1. The van der Waals surface area contributed by atoms with E-state index in [1.54, 1.807) is 0 Å². The summed E-state index contributed by atoms with van der Waals surface area (Å²) in [4.78, 5) is 14.2. The van der Waals surface area contributed by atoms with E-state index in [-0.39, 0.29) is 27.4 Å². The highest BCUT2D eigenvalue weighted by Crippen LogP contribution is 2.39. The number of sulfone groups is 1. The van der Waals surface area contributed by atoms with Gasteiger partial charge in [-0.25, -0.2) is 8.42 Å². The Balaban J connectivity index is 2.41. The Labute approximate surface area is 128 Å². The summed E-state index contributed by atoms with van der Waals surface area (Å²) in [5, 5.41) is 6.15. The van der Waals surface area contributed by atoms with Gasteiger partial charge in [-0.1, -0.05) is 0 Å². The topological polar surface area (TPSA) is 105 Å². The van der Waals surface area contributed by atoms with Crippen LogP contribution in [0.3, 0.4) is 0 Å². The van der Waals surface area contributed by atoms with Crippen LogP contribution in [0.2, 0.25) is 0 Å². The molecule has 0 radical (unpaired) electrons. The number of hydrogen-bond donors (Lipinski definition) is 3. The number of thiophene rings is 1. The molecule has 0 spiro atoms. The molecule has 21 heavy (non-hydrogen) atoms. The summed E-state index contributed by atoms with van der Waals surface area (Å²) in [6.07, 6.45) is 2.03. The molecule has 1 fully saturated rings. The molecule has 1 aromatic heterocycles. The fraction of sp³-hybridized carbons (Fsp3) is 0.583. The molecule has 4 N–H and O–H groups in total. The summed E-state index contributed by atoms with van der Waals surface area (Å²) < 4.78 is 24.0. The second kappa shape index (κ2) is 5.82. The first kappa shape index (κ1) is 16.1. The monoisotopic (exact) mass is 332 g/mol. The van der Waals surface area contributed by atoms with Crippen molar-refractivity contribution in [3.63, 3.8) is 0 Å². The first-order valence-corrected chi connectivity index (χ1v) is 9.24. The minimum atomic E-state index is -3.51. The highest BCUT2D eigenvalue weighted by molar-refractivity contribution is 7.91. The normalized spacial score (nSPS) is 19.7. The van der Waals surface area contributed by atoms with Crippen LogP contribution >= 0.6 is 11.3 Å². The molecule has 1 atom stereocenters. The van der Waals surface area contributed by atoms with Gasteiger partial charge in [-0.15, -0.1) is 11.3 Å². The van der Waals surface area contributed by atoms with Crippen LogP contribution in [0.1, 0.15) is 16.1 Å². The van der Waals surface area contributed by atoms with Gasteiger partial charge in [0.15, 0.2) is 9.84 Å². The highest BCUT2D eigenvalue weighted by Gasteiger charge is 2.29. The first-order chi connectivity index (χ1) is 9.74. The molecule has 0 aromatic carbocycles. The lowest BCUT2D eigenvalue weighted by atomic mass is 10.2. The molecule has 0 bridgehead atoms. The maximum atomic E-state index is 12.0. The number of anilines is 2. The van der Waals surface area contributed by atoms with Gasteiger partial charge < -0.3 is 21.3 Å². The van der Waals surface area contributed by atoms with Crippen LogP contribution in [-0.2, 0) is 9.84 Å². The predicted octanol–water partition coefficient (Wildman–Crippen LogP) is 0.209. The van der Waals surface area contributed by atoms with Crippen LogP contribution in [0.15, 0.2) is 4.90 Å². The number of amides is 1. The SMILES string of the molecule is CNC(=O)c1sc(NC2CCN(C)C2)c(S(C)(=O)=O)c1N. The number of nitrogens with two attached hydrogens (primary N) is 1. The van der Waals surface area contributed by atoms with Gasteiger partial charge in [0.05, 0.1) is 5.69 Å². The molecule has 1 aliphatic rings. The van der Waals surface area contributed by atoms with Gasteiger partial charge in [0.25, 0.3) is 5.91 Å². The lowest BCUT2D eigenvalue weighted by Gasteiger charge is -2.13. The van der Waals surface area contributed by atoms with Crippen LogP contribution in [0.5, 0.6) is 0 Å². The summed E-state index contributed by atoms with van der Waals surface area (Å²) in [7, 11) is -0.0124. The first-order valence-electron chi connectivity index (χ1n) is 6.53. The molecule has 0 saturated carbocycles. The number of likely N-dealkylation sites (tertiary alicyclic amines) is 1. The van der Waals surface area contributed by atoms with E-state index < -0.39 is 9.84 Å². The van der Waals surface area contributed by atoms with Crippen molar-refractivity contribution < 1.29 is 13.2 Å². The van der Waals surface area contributed by atoms with E-state index in [4.69, 9.17) is 5.73 Å². The van der Waals surface area contributed by atoms with Crippen molar-refractivity contribution in [2.24, 2.45) is 0 Å². The smallest absolute Gasteiger partial charge is 0.263 e. The number of hydrogen-bond acceptors (Lipinski definition) is 7. The number of likely N-dealkylation sites (N-methyl/N-ethyl adjacent to an activating group) is 1. The van der Waals surface area contributed by atoms with Crippen molar-refractivity contribution in [1.29, 1.82) is 0 Å². The molecule has 0 aliphatic carbocycles. The fourth-order valence-corrected chi connectivity index (χ4v) is 4.99. The largest absolute Gasteiger partial charge is 0.396 e. The standard InChI is InChI=1S/C12H20N4O3S2/c1-14-11(17)9-8(13)10(21(3,18)19)12(20-9)15-7-4-5-16(2)6-7/h7,15H,4-6,13H2,1-3H3,(H,14,17). The summed E-state index contributed by atoms with van der Waals surface area (Å²) in [6, 6.07) is 0.158. The molecule has 9 heteroatoms. The van der Waals surface area contributed by atoms with Gasteiger partial charge in [0, 0.05) is 25.9 Å². The van der Waals surface area contributed by atoms with Crippen molar-refractivity contribution in [3.05, 3.63) is 4.88 Å². The van der Waals surface area contributed by atoms with Crippen molar-refractivity contribution in [1.82, 2.24) is 10.2 Å².